The predicted molar refractivity (Wildman–Crippen MR) is 87.9 cm³/mol. The van der Waals surface area contributed by atoms with Crippen molar-refractivity contribution in [3.63, 3.8) is 0 Å². The summed E-state index contributed by atoms with van der Waals surface area (Å²) in [4.78, 5) is 19.4. The number of aromatic nitrogens is 2. The Morgan fingerprint density at radius 1 is 1.05 bits per heavy atom. The second kappa shape index (κ2) is 6.28. The Morgan fingerprint density at radius 3 is 2.41 bits per heavy atom. The summed E-state index contributed by atoms with van der Waals surface area (Å²) >= 11 is 0. The van der Waals surface area contributed by atoms with Crippen molar-refractivity contribution >= 4 is 46.7 Å². The number of anilines is 3. The molecule has 0 fully saturated rings. The zero-order valence-electron chi connectivity index (χ0n) is 11.4. The first-order valence-electron chi connectivity index (χ1n) is 6.26. The lowest BCUT2D eigenvalue weighted by Crippen LogP contribution is -2.02. The number of benzene rings is 2. The largest absolute Gasteiger partial charge is 0.478 e. The molecule has 0 radical (unpaired) electrons. The Hall–Kier alpha value is -2.86. The molecule has 0 aliphatic carbocycles. The fourth-order valence-electron chi connectivity index (χ4n) is 1.98. The van der Waals surface area contributed by atoms with Gasteiger partial charge < -0.3 is 16.2 Å². The predicted octanol–water partition coefficient (Wildman–Crippen LogP) is 3.08. The number of aromatic carboxylic acids is 1. The van der Waals surface area contributed by atoms with Crippen molar-refractivity contribution in [1.29, 1.82) is 0 Å². The highest BCUT2D eigenvalue weighted by atomic mass is 35.5. The monoisotopic (exact) mass is 316 g/mol. The van der Waals surface area contributed by atoms with Gasteiger partial charge in [0.15, 0.2) is 0 Å². The Bertz CT molecular complexity index is 821. The number of hydrogen-bond donors (Lipinski definition) is 3. The number of fused-ring (bicyclic) bond motifs is 1. The van der Waals surface area contributed by atoms with Crippen LogP contribution < -0.4 is 11.1 Å². The van der Waals surface area contributed by atoms with Crippen LogP contribution in [0, 0.1) is 0 Å². The summed E-state index contributed by atoms with van der Waals surface area (Å²) in [6.45, 7) is 0. The van der Waals surface area contributed by atoms with Gasteiger partial charge in [0, 0.05) is 11.1 Å². The normalized spacial score (nSPS) is 10.0. The third-order valence-electron chi connectivity index (χ3n) is 3.02. The molecule has 4 N–H and O–H groups in total. The van der Waals surface area contributed by atoms with Gasteiger partial charge in [-0.05, 0) is 36.4 Å². The highest BCUT2D eigenvalue weighted by molar-refractivity contribution is 5.89. The van der Waals surface area contributed by atoms with Crippen LogP contribution in [0.15, 0.2) is 48.5 Å². The molecule has 0 bridgehead atoms. The fraction of sp³-hybridized carbons (Fsp3) is 0. The molecule has 0 saturated heterocycles. The van der Waals surface area contributed by atoms with Crippen LogP contribution in [-0.4, -0.2) is 21.0 Å². The fourth-order valence-corrected chi connectivity index (χ4v) is 1.98. The number of carboxylic acid groups (broad SMARTS) is 1. The summed E-state index contributed by atoms with van der Waals surface area (Å²) in [6, 6.07) is 13.8. The topological polar surface area (TPSA) is 101 Å². The molecule has 0 atom stereocenters. The number of carboxylic acids is 1. The van der Waals surface area contributed by atoms with Gasteiger partial charge in [0.1, 0.15) is 5.82 Å². The number of halogens is 1. The number of nitrogens with one attached hydrogen (secondary N) is 1. The molecule has 0 unspecified atom stereocenters. The Balaban J connectivity index is 0.00000176. The molecule has 1 heterocycles. The first-order chi connectivity index (χ1) is 10.1. The summed E-state index contributed by atoms with van der Waals surface area (Å²) in [7, 11) is 0. The van der Waals surface area contributed by atoms with E-state index in [-0.39, 0.29) is 18.0 Å². The molecule has 112 valence electrons. The smallest absolute Gasteiger partial charge is 0.335 e. The van der Waals surface area contributed by atoms with E-state index in [9.17, 15) is 4.79 Å². The van der Waals surface area contributed by atoms with E-state index in [0.29, 0.717) is 17.5 Å². The average Bonchev–Trinajstić information content (AvgIpc) is 2.48. The Morgan fingerprint density at radius 2 is 1.73 bits per heavy atom. The summed E-state index contributed by atoms with van der Waals surface area (Å²) in [6.07, 6.45) is 0. The second-order valence-electron chi connectivity index (χ2n) is 4.46. The lowest BCUT2D eigenvalue weighted by molar-refractivity contribution is 0.0697. The lowest BCUT2D eigenvalue weighted by atomic mass is 10.2. The van der Waals surface area contributed by atoms with Crippen LogP contribution in [0.3, 0.4) is 0 Å². The minimum atomic E-state index is -0.965. The third kappa shape index (κ3) is 3.07. The molecule has 0 saturated carbocycles. The van der Waals surface area contributed by atoms with Crippen molar-refractivity contribution in [2.24, 2.45) is 0 Å². The molecule has 7 heteroatoms. The van der Waals surface area contributed by atoms with E-state index in [4.69, 9.17) is 10.8 Å². The summed E-state index contributed by atoms with van der Waals surface area (Å²) in [5, 5.41) is 12.7. The molecular formula is C15H13ClN4O2. The maximum atomic E-state index is 10.8. The molecule has 3 aromatic rings. The highest BCUT2D eigenvalue weighted by Crippen LogP contribution is 2.21. The van der Waals surface area contributed by atoms with Crippen LogP contribution in [0.5, 0.6) is 0 Å². The van der Waals surface area contributed by atoms with E-state index in [2.05, 4.69) is 15.3 Å². The van der Waals surface area contributed by atoms with Crippen LogP contribution >= 0.6 is 12.4 Å². The Labute approximate surface area is 132 Å². The van der Waals surface area contributed by atoms with E-state index in [1.54, 1.807) is 12.1 Å². The van der Waals surface area contributed by atoms with E-state index < -0.39 is 5.97 Å². The van der Waals surface area contributed by atoms with Crippen molar-refractivity contribution in [2.45, 2.75) is 0 Å². The second-order valence-corrected chi connectivity index (χ2v) is 4.46. The number of carbonyl (C=O) groups is 1. The highest BCUT2D eigenvalue weighted by Gasteiger charge is 2.06. The van der Waals surface area contributed by atoms with Gasteiger partial charge in [-0.3, -0.25) is 0 Å². The van der Waals surface area contributed by atoms with Crippen molar-refractivity contribution in [3.05, 3.63) is 54.1 Å². The van der Waals surface area contributed by atoms with Crippen LogP contribution in [0.2, 0.25) is 0 Å². The molecule has 0 spiro atoms. The van der Waals surface area contributed by atoms with Gasteiger partial charge in [-0.2, -0.15) is 4.98 Å². The van der Waals surface area contributed by atoms with Crippen molar-refractivity contribution in [2.75, 3.05) is 11.1 Å². The summed E-state index contributed by atoms with van der Waals surface area (Å²) in [5.41, 5.74) is 7.56. The number of rotatable bonds is 3. The molecule has 22 heavy (non-hydrogen) atoms. The van der Waals surface area contributed by atoms with E-state index in [1.807, 2.05) is 24.3 Å². The first-order valence-corrected chi connectivity index (χ1v) is 6.26. The number of nitrogens with two attached hydrogens (primary N) is 1. The first kappa shape index (κ1) is 15.5. The molecular weight excluding hydrogens is 304 g/mol. The van der Waals surface area contributed by atoms with Gasteiger partial charge in [0.05, 0.1) is 11.1 Å². The molecule has 1 aromatic heterocycles. The number of nitrogen functional groups attached to an aromatic ring is 1. The van der Waals surface area contributed by atoms with E-state index in [1.165, 1.54) is 12.1 Å². The van der Waals surface area contributed by atoms with Gasteiger partial charge in [0.25, 0.3) is 0 Å². The van der Waals surface area contributed by atoms with Crippen molar-refractivity contribution < 1.29 is 9.90 Å². The van der Waals surface area contributed by atoms with Crippen LogP contribution in [0.25, 0.3) is 10.9 Å². The molecule has 3 rings (SSSR count). The summed E-state index contributed by atoms with van der Waals surface area (Å²) in [5.74, 6) is -0.202. The average molecular weight is 317 g/mol. The Kier molecular flexibility index (Phi) is 4.43. The summed E-state index contributed by atoms with van der Waals surface area (Å²) < 4.78 is 0. The minimum absolute atomic E-state index is 0. The quantitative estimate of drug-likeness (QED) is 0.686. The van der Waals surface area contributed by atoms with E-state index >= 15 is 0 Å². The van der Waals surface area contributed by atoms with Crippen LogP contribution in [0.4, 0.5) is 17.5 Å². The maximum absolute atomic E-state index is 10.8. The molecule has 0 aliphatic heterocycles. The van der Waals surface area contributed by atoms with Gasteiger partial charge in [-0.25, -0.2) is 9.78 Å². The molecule has 6 nitrogen and oxygen atoms in total. The number of nitrogens with zero attached hydrogens (tertiary/aromatic N) is 2. The molecule has 0 aliphatic rings. The van der Waals surface area contributed by atoms with Gasteiger partial charge in [-0.15, -0.1) is 12.4 Å². The standard InChI is InChI=1S/C15H12N4O2.ClH/c16-13-11-3-1-2-4-12(11)18-15(19-13)17-10-7-5-9(6-8-10)14(20)21;/h1-8H,(H,20,21)(H3,16,17,18,19);1H. The number of para-hydroxylation sites is 1. The third-order valence-corrected chi connectivity index (χ3v) is 3.02. The van der Waals surface area contributed by atoms with Crippen LogP contribution in [-0.2, 0) is 0 Å². The van der Waals surface area contributed by atoms with Crippen molar-refractivity contribution in [3.8, 4) is 0 Å². The van der Waals surface area contributed by atoms with Gasteiger partial charge in [0.2, 0.25) is 5.95 Å². The minimum Gasteiger partial charge on any atom is -0.478 e. The van der Waals surface area contributed by atoms with Gasteiger partial charge >= 0.3 is 5.97 Å². The van der Waals surface area contributed by atoms with E-state index in [0.717, 1.165) is 10.9 Å². The number of hydrogen-bond acceptors (Lipinski definition) is 5. The van der Waals surface area contributed by atoms with Crippen molar-refractivity contribution in [1.82, 2.24) is 9.97 Å². The SMILES string of the molecule is Cl.Nc1nc(Nc2ccc(C(=O)O)cc2)nc2ccccc12. The zero-order valence-corrected chi connectivity index (χ0v) is 12.2. The maximum Gasteiger partial charge on any atom is 0.335 e. The lowest BCUT2D eigenvalue weighted by Gasteiger charge is -2.07. The molecule has 2 aromatic carbocycles. The zero-order chi connectivity index (χ0) is 14.8. The van der Waals surface area contributed by atoms with Gasteiger partial charge in [-0.1, -0.05) is 12.1 Å². The molecule has 0 amide bonds. The van der Waals surface area contributed by atoms with Crippen LogP contribution in [0.1, 0.15) is 10.4 Å².